The number of nitrogens with one attached hydrogen (secondary N) is 2. The standard InChI is InChI=1S/C14H21N5OS/c1-11(13-9-21-12(2)18-13)17-14(20)16-5-3-4-7-19-8-6-15-10-19/h6,8-11H,3-5,7H2,1-2H3,(H2,16,17,20)/t11-/m1/s1. The maximum absolute atomic E-state index is 11.8. The molecule has 21 heavy (non-hydrogen) atoms. The number of aromatic nitrogens is 3. The van der Waals surface area contributed by atoms with Crippen LogP contribution in [0.5, 0.6) is 0 Å². The molecule has 2 amide bonds. The van der Waals surface area contributed by atoms with Gasteiger partial charge in [0.05, 0.1) is 23.1 Å². The number of amides is 2. The summed E-state index contributed by atoms with van der Waals surface area (Å²) in [5, 5.41) is 8.75. The van der Waals surface area contributed by atoms with Gasteiger partial charge in [0.1, 0.15) is 0 Å². The Morgan fingerprint density at radius 2 is 2.33 bits per heavy atom. The summed E-state index contributed by atoms with van der Waals surface area (Å²) in [4.78, 5) is 20.1. The summed E-state index contributed by atoms with van der Waals surface area (Å²) in [5.41, 5.74) is 0.910. The van der Waals surface area contributed by atoms with Crippen molar-refractivity contribution in [2.24, 2.45) is 0 Å². The normalized spacial score (nSPS) is 12.1. The number of thiazole rings is 1. The van der Waals surface area contributed by atoms with E-state index in [0.29, 0.717) is 6.54 Å². The topological polar surface area (TPSA) is 71.8 Å². The van der Waals surface area contributed by atoms with E-state index in [9.17, 15) is 4.79 Å². The lowest BCUT2D eigenvalue weighted by molar-refractivity contribution is 0.237. The number of hydrogen-bond acceptors (Lipinski definition) is 4. The lowest BCUT2D eigenvalue weighted by Gasteiger charge is -2.12. The first-order valence-electron chi connectivity index (χ1n) is 7.07. The molecule has 1 atom stereocenters. The van der Waals surface area contributed by atoms with Crippen LogP contribution in [-0.2, 0) is 6.54 Å². The smallest absolute Gasteiger partial charge is 0.315 e. The number of unbranched alkanes of at least 4 members (excludes halogenated alkanes) is 1. The average Bonchev–Trinajstić information content (AvgIpc) is 3.09. The van der Waals surface area contributed by atoms with Gasteiger partial charge in [-0.2, -0.15) is 0 Å². The first-order chi connectivity index (χ1) is 10.1. The molecule has 0 aliphatic rings. The Labute approximate surface area is 128 Å². The molecular weight excluding hydrogens is 286 g/mol. The molecule has 2 aromatic heterocycles. The Balaban J connectivity index is 1.59. The van der Waals surface area contributed by atoms with Gasteiger partial charge in [-0.05, 0) is 26.7 Å². The molecule has 0 saturated carbocycles. The van der Waals surface area contributed by atoms with Crippen LogP contribution in [0.3, 0.4) is 0 Å². The Morgan fingerprint density at radius 3 is 3.00 bits per heavy atom. The van der Waals surface area contributed by atoms with Gasteiger partial charge < -0.3 is 15.2 Å². The van der Waals surface area contributed by atoms with Crippen LogP contribution in [0.4, 0.5) is 4.79 Å². The molecule has 0 aromatic carbocycles. The number of aryl methyl sites for hydroxylation is 2. The van der Waals surface area contributed by atoms with Crippen LogP contribution in [0.2, 0.25) is 0 Å². The summed E-state index contributed by atoms with van der Waals surface area (Å²) in [6, 6.07) is -0.211. The molecule has 7 heteroatoms. The fraction of sp³-hybridized carbons (Fsp3) is 0.500. The van der Waals surface area contributed by atoms with E-state index < -0.39 is 0 Å². The van der Waals surface area contributed by atoms with Crippen LogP contribution in [0.1, 0.15) is 36.5 Å². The molecule has 2 N–H and O–H groups in total. The van der Waals surface area contributed by atoms with Crippen LogP contribution < -0.4 is 10.6 Å². The van der Waals surface area contributed by atoms with Crippen molar-refractivity contribution in [1.29, 1.82) is 0 Å². The van der Waals surface area contributed by atoms with Crippen LogP contribution >= 0.6 is 11.3 Å². The maximum atomic E-state index is 11.8. The quantitative estimate of drug-likeness (QED) is 0.772. The van der Waals surface area contributed by atoms with Gasteiger partial charge >= 0.3 is 6.03 Å². The number of imidazole rings is 1. The van der Waals surface area contributed by atoms with Crippen molar-refractivity contribution in [1.82, 2.24) is 25.2 Å². The molecule has 0 radical (unpaired) electrons. The van der Waals surface area contributed by atoms with Crippen molar-refractivity contribution in [3.8, 4) is 0 Å². The first-order valence-corrected chi connectivity index (χ1v) is 7.95. The van der Waals surface area contributed by atoms with E-state index >= 15 is 0 Å². The largest absolute Gasteiger partial charge is 0.338 e. The predicted octanol–water partition coefficient (Wildman–Crippen LogP) is 2.49. The molecule has 6 nitrogen and oxygen atoms in total. The maximum Gasteiger partial charge on any atom is 0.315 e. The van der Waals surface area contributed by atoms with E-state index in [4.69, 9.17) is 0 Å². The van der Waals surface area contributed by atoms with E-state index in [1.54, 1.807) is 23.9 Å². The molecule has 0 fully saturated rings. The van der Waals surface area contributed by atoms with E-state index in [0.717, 1.165) is 30.1 Å². The zero-order valence-electron chi connectivity index (χ0n) is 12.4. The third kappa shape index (κ3) is 5.18. The summed E-state index contributed by atoms with van der Waals surface area (Å²) in [5.74, 6) is 0. The van der Waals surface area contributed by atoms with Gasteiger partial charge in [0, 0.05) is 30.9 Å². The van der Waals surface area contributed by atoms with Crippen molar-refractivity contribution in [3.05, 3.63) is 34.8 Å². The van der Waals surface area contributed by atoms with Gasteiger partial charge in [-0.25, -0.2) is 14.8 Å². The Bertz CT molecular complexity index is 551. The summed E-state index contributed by atoms with van der Waals surface area (Å²) >= 11 is 1.59. The molecule has 0 aliphatic carbocycles. The summed E-state index contributed by atoms with van der Waals surface area (Å²) in [6.07, 6.45) is 7.47. The van der Waals surface area contributed by atoms with Crippen molar-refractivity contribution in [2.45, 2.75) is 39.3 Å². The predicted molar refractivity (Wildman–Crippen MR) is 83.3 cm³/mol. The minimum atomic E-state index is -0.143. The number of nitrogens with zero attached hydrogens (tertiary/aromatic N) is 3. The van der Waals surface area contributed by atoms with Crippen molar-refractivity contribution >= 4 is 17.4 Å². The highest BCUT2D eigenvalue weighted by Gasteiger charge is 2.11. The highest BCUT2D eigenvalue weighted by atomic mass is 32.1. The zero-order chi connectivity index (χ0) is 15.1. The second-order valence-corrected chi connectivity index (χ2v) is 5.98. The fourth-order valence-electron chi connectivity index (χ4n) is 1.94. The van der Waals surface area contributed by atoms with Crippen molar-refractivity contribution in [2.75, 3.05) is 6.54 Å². The third-order valence-corrected chi connectivity index (χ3v) is 3.91. The number of hydrogen-bond donors (Lipinski definition) is 2. The van der Waals surface area contributed by atoms with E-state index in [-0.39, 0.29) is 12.1 Å². The molecule has 0 saturated heterocycles. The number of carbonyl (C=O) groups excluding carboxylic acids is 1. The highest BCUT2D eigenvalue weighted by molar-refractivity contribution is 7.09. The summed E-state index contributed by atoms with van der Waals surface area (Å²) in [7, 11) is 0. The van der Waals surface area contributed by atoms with Gasteiger partial charge in [0.25, 0.3) is 0 Å². The zero-order valence-corrected chi connectivity index (χ0v) is 13.2. The molecule has 0 unspecified atom stereocenters. The monoisotopic (exact) mass is 307 g/mol. The number of rotatable bonds is 7. The summed E-state index contributed by atoms with van der Waals surface area (Å²) in [6.45, 7) is 5.50. The average molecular weight is 307 g/mol. The van der Waals surface area contributed by atoms with Gasteiger partial charge in [-0.15, -0.1) is 11.3 Å². The van der Waals surface area contributed by atoms with Crippen LogP contribution in [0, 0.1) is 6.92 Å². The second kappa shape index (κ2) is 7.78. The molecular formula is C14H21N5OS. The van der Waals surface area contributed by atoms with Gasteiger partial charge in [0.2, 0.25) is 0 Å². The lowest BCUT2D eigenvalue weighted by Crippen LogP contribution is -2.37. The lowest BCUT2D eigenvalue weighted by atomic mass is 10.2. The van der Waals surface area contributed by atoms with Crippen LogP contribution in [0.25, 0.3) is 0 Å². The molecule has 0 bridgehead atoms. The molecule has 0 spiro atoms. The van der Waals surface area contributed by atoms with E-state index in [1.165, 1.54) is 0 Å². The third-order valence-electron chi connectivity index (χ3n) is 3.12. The first kappa shape index (κ1) is 15.5. The minimum absolute atomic E-state index is 0.0686. The second-order valence-electron chi connectivity index (χ2n) is 4.92. The van der Waals surface area contributed by atoms with Crippen molar-refractivity contribution < 1.29 is 4.79 Å². The fourth-order valence-corrected chi connectivity index (χ4v) is 2.65. The van der Waals surface area contributed by atoms with Crippen LogP contribution in [0.15, 0.2) is 24.1 Å². The summed E-state index contributed by atoms with van der Waals surface area (Å²) < 4.78 is 2.03. The number of carbonyl (C=O) groups is 1. The minimum Gasteiger partial charge on any atom is -0.338 e. The molecule has 2 aromatic rings. The van der Waals surface area contributed by atoms with Gasteiger partial charge in [-0.3, -0.25) is 0 Å². The van der Waals surface area contributed by atoms with E-state index in [1.807, 2.05) is 30.0 Å². The Hall–Kier alpha value is -1.89. The highest BCUT2D eigenvalue weighted by Crippen LogP contribution is 2.15. The van der Waals surface area contributed by atoms with E-state index in [2.05, 4.69) is 20.6 Å². The molecule has 2 heterocycles. The van der Waals surface area contributed by atoms with Crippen molar-refractivity contribution in [3.63, 3.8) is 0 Å². The SMILES string of the molecule is Cc1nc([C@@H](C)NC(=O)NCCCCn2ccnc2)cs1. The molecule has 0 aliphatic heterocycles. The molecule has 2 rings (SSSR count). The molecule has 114 valence electrons. The van der Waals surface area contributed by atoms with Crippen LogP contribution in [-0.4, -0.2) is 27.1 Å². The van der Waals surface area contributed by atoms with Gasteiger partial charge in [0.15, 0.2) is 0 Å². The van der Waals surface area contributed by atoms with Gasteiger partial charge in [-0.1, -0.05) is 0 Å². The number of urea groups is 1. The Morgan fingerprint density at radius 1 is 1.48 bits per heavy atom. The Kier molecular flexibility index (Phi) is 5.74.